The van der Waals surface area contributed by atoms with Gasteiger partial charge >= 0.3 is 11.6 Å². The van der Waals surface area contributed by atoms with E-state index >= 15 is 0 Å². The molecule has 0 unspecified atom stereocenters. The van der Waals surface area contributed by atoms with Crippen LogP contribution in [0.25, 0.3) is 11.0 Å². The number of fused-ring (bicyclic) bond motifs is 1. The number of rotatable bonds is 4. The summed E-state index contributed by atoms with van der Waals surface area (Å²) in [5.74, 6) is -0.565. The molecule has 1 aromatic carbocycles. The van der Waals surface area contributed by atoms with E-state index in [-0.39, 0.29) is 6.42 Å². The summed E-state index contributed by atoms with van der Waals surface area (Å²) in [6.07, 6.45) is 0.0593. The van der Waals surface area contributed by atoms with Gasteiger partial charge in [-0.15, -0.1) is 0 Å². The van der Waals surface area contributed by atoms with E-state index in [9.17, 15) is 9.59 Å². The van der Waals surface area contributed by atoms with Gasteiger partial charge in [-0.2, -0.15) is 0 Å². The Bertz CT molecular complexity index is 676. The van der Waals surface area contributed by atoms with Crippen molar-refractivity contribution in [2.24, 2.45) is 5.73 Å². The molecule has 0 saturated heterocycles. The molecule has 2 aromatic rings. The van der Waals surface area contributed by atoms with E-state index in [0.29, 0.717) is 22.3 Å². The van der Waals surface area contributed by atoms with Crippen molar-refractivity contribution >= 4 is 16.9 Å². The fourth-order valence-electron chi connectivity index (χ4n) is 1.83. The first-order valence-electron chi connectivity index (χ1n) is 5.60. The highest BCUT2D eigenvalue weighted by Gasteiger charge is 2.15. The van der Waals surface area contributed by atoms with Crippen LogP contribution in [0.4, 0.5) is 0 Å². The molecular formula is C13H13NO5. The molecule has 0 aliphatic heterocycles. The zero-order valence-electron chi connectivity index (χ0n) is 10.3. The Morgan fingerprint density at radius 2 is 2.21 bits per heavy atom. The van der Waals surface area contributed by atoms with E-state index in [1.54, 1.807) is 18.2 Å². The summed E-state index contributed by atoms with van der Waals surface area (Å²) < 4.78 is 10.1. The lowest BCUT2D eigenvalue weighted by molar-refractivity contribution is -0.138. The number of benzene rings is 1. The van der Waals surface area contributed by atoms with E-state index < -0.39 is 17.6 Å². The Kier molecular flexibility index (Phi) is 3.52. The number of methoxy groups -OCH3 is 1. The number of carboxylic acids is 1. The highest BCUT2D eigenvalue weighted by atomic mass is 16.5. The zero-order valence-corrected chi connectivity index (χ0v) is 10.3. The van der Waals surface area contributed by atoms with Crippen molar-refractivity contribution in [2.45, 2.75) is 12.5 Å². The summed E-state index contributed by atoms with van der Waals surface area (Å²) in [6, 6.07) is 5.19. The lowest BCUT2D eigenvalue weighted by Gasteiger charge is -2.09. The molecule has 3 N–H and O–H groups in total. The first-order chi connectivity index (χ1) is 9.01. The Hall–Kier alpha value is -2.34. The Labute approximate surface area is 108 Å². The Balaban J connectivity index is 2.54. The lowest BCUT2D eigenvalue weighted by Crippen LogP contribution is -2.32. The van der Waals surface area contributed by atoms with Crippen LogP contribution in [0.2, 0.25) is 0 Å². The van der Waals surface area contributed by atoms with Gasteiger partial charge in [-0.05, 0) is 24.1 Å². The molecule has 6 heteroatoms. The van der Waals surface area contributed by atoms with Crippen LogP contribution in [-0.2, 0) is 11.2 Å². The standard InChI is InChI=1S/C13H13NO5/c1-18-8-2-3-9-7(4-10(14)13(16)17)5-12(15)19-11(9)6-8/h2-3,5-6,10H,4,14H2,1H3,(H,16,17)/t10-/m0/s1. The van der Waals surface area contributed by atoms with E-state index in [4.69, 9.17) is 20.0 Å². The maximum atomic E-state index is 11.5. The van der Waals surface area contributed by atoms with Crippen molar-refractivity contribution < 1.29 is 19.1 Å². The minimum Gasteiger partial charge on any atom is -0.497 e. The number of carboxylic acid groups (broad SMARTS) is 1. The second-order valence-electron chi connectivity index (χ2n) is 4.10. The molecule has 0 radical (unpaired) electrons. The number of nitrogens with two attached hydrogens (primary N) is 1. The van der Waals surface area contributed by atoms with Crippen LogP contribution in [0.1, 0.15) is 5.56 Å². The molecular weight excluding hydrogens is 250 g/mol. The van der Waals surface area contributed by atoms with Gasteiger partial charge in [-0.25, -0.2) is 4.79 Å². The minimum absolute atomic E-state index is 0.0593. The summed E-state index contributed by atoms with van der Waals surface area (Å²) in [5.41, 5.74) is 5.83. The molecule has 1 heterocycles. The van der Waals surface area contributed by atoms with Gasteiger partial charge < -0.3 is 20.0 Å². The number of hydrogen-bond acceptors (Lipinski definition) is 5. The van der Waals surface area contributed by atoms with Crippen LogP contribution in [0, 0.1) is 0 Å². The molecule has 6 nitrogen and oxygen atoms in total. The van der Waals surface area contributed by atoms with Crippen molar-refractivity contribution in [2.75, 3.05) is 7.11 Å². The molecule has 0 fully saturated rings. The average Bonchev–Trinajstić information content (AvgIpc) is 2.37. The van der Waals surface area contributed by atoms with Crippen LogP contribution < -0.4 is 16.1 Å². The predicted molar refractivity (Wildman–Crippen MR) is 68.4 cm³/mol. The molecule has 100 valence electrons. The van der Waals surface area contributed by atoms with Gasteiger partial charge in [-0.1, -0.05) is 0 Å². The number of ether oxygens (including phenoxy) is 1. The fourth-order valence-corrected chi connectivity index (χ4v) is 1.83. The second kappa shape index (κ2) is 5.11. The van der Waals surface area contributed by atoms with Crippen molar-refractivity contribution in [3.8, 4) is 5.75 Å². The van der Waals surface area contributed by atoms with E-state index in [1.165, 1.54) is 13.2 Å². The molecule has 0 aliphatic carbocycles. The molecule has 0 bridgehead atoms. The molecule has 2 rings (SSSR count). The minimum atomic E-state index is -1.12. The van der Waals surface area contributed by atoms with Gasteiger partial charge in [-0.3, -0.25) is 4.79 Å². The highest BCUT2D eigenvalue weighted by molar-refractivity contribution is 5.83. The largest absolute Gasteiger partial charge is 0.497 e. The predicted octanol–water partition coefficient (Wildman–Crippen LogP) is 0.756. The third-order valence-corrected chi connectivity index (χ3v) is 2.79. The summed E-state index contributed by atoms with van der Waals surface area (Å²) in [6.45, 7) is 0. The normalized spacial score (nSPS) is 12.3. The highest BCUT2D eigenvalue weighted by Crippen LogP contribution is 2.23. The van der Waals surface area contributed by atoms with Gasteiger partial charge in [0.25, 0.3) is 0 Å². The fraction of sp³-hybridized carbons (Fsp3) is 0.231. The Morgan fingerprint density at radius 1 is 1.47 bits per heavy atom. The molecule has 1 aromatic heterocycles. The number of aliphatic carboxylic acids is 1. The zero-order chi connectivity index (χ0) is 14.0. The van der Waals surface area contributed by atoms with Crippen molar-refractivity contribution in [1.82, 2.24) is 0 Å². The third-order valence-electron chi connectivity index (χ3n) is 2.79. The van der Waals surface area contributed by atoms with Gasteiger partial charge in [0.2, 0.25) is 0 Å². The first-order valence-corrected chi connectivity index (χ1v) is 5.60. The number of carbonyl (C=O) groups is 1. The summed E-state index contributed by atoms with van der Waals surface area (Å²) in [4.78, 5) is 22.2. The molecule has 0 saturated carbocycles. The maximum absolute atomic E-state index is 11.5. The molecule has 19 heavy (non-hydrogen) atoms. The molecule has 0 aliphatic rings. The van der Waals surface area contributed by atoms with Crippen LogP contribution >= 0.6 is 0 Å². The smallest absolute Gasteiger partial charge is 0.336 e. The van der Waals surface area contributed by atoms with Gasteiger partial charge in [0, 0.05) is 17.5 Å². The van der Waals surface area contributed by atoms with Crippen LogP contribution in [0.15, 0.2) is 33.5 Å². The van der Waals surface area contributed by atoms with E-state index in [1.807, 2.05) is 0 Å². The van der Waals surface area contributed by atoms with E-state index in [0.717, 1.165) is 0 Å². The van der Waals surface area contributed by atoms with Crippen LogP contribution in [-0.4, -0.2) is 24.2 Å². The summed E-state index contributed by atoms with van der Waals surface area (Å²) in [7, 11) is 1.50. The molecule has 0 spiro atoms. The van der Waals surface area contributed by atoms with Gasteiger partial charge in [0.15, 0.2) is 0 Å². The van der Waals surface area contributed by atoms with Crippen LogP contribution in [0.3, 0.4) is 0 Å². The number of hydrogen-bond donors (Lipinski definition) is 2. The quantitative estimate of drug-likeness (QED) is 0.789. The van der Waals surface area contributed by atoms with Crippen molar-refractivity contribution in [3.05, 3.63) is 40.2 Å². The second-order valence-corrected chi connectivity index (χ2v) is 4.10. The van der Waals surface area contributed by atoms with Gasteiger partial charge in [0.1, 0.15) is 17.4 Å². The molecule has 1 atom stereocenters. The average molecular weight is 263 g/mol. The summed E-state index contributed by atoms with van der Waals surface area (Å²) in [5, 5.41) is 9.47. The van der Waals surface area contributed by atoms with Crippen LogP contribution in [0.5, 0.6) is 5.75 Å². The third kappa shape index (κ3) is 2.74. The maximum Gasteiger partial charge on any atom is 0.336 e. The first kappa shape index (κ1) is 13.1. The topological polar surface area (TPSA) is 103 Å². The van der Waals surface area contributed by atoms with E-state index in [2.05, 4.69) is 0 Å². The molecule has 0 amide bonds. The van der Waals surface area contributed by atoms with Crippen molar-refractivity contribution in [3.63, 3.8) is 0 Å². The summed E-state index contributed by atoms with van der Waals surface area (Å²) >= 11 is 0. The Morgan fingerprint density at radius 3 is 2.84 bits per heavy atom. The monoisotopic (exact) mass is 263 g/mol. The lowest BCUT2D eigenvalue weighted by atomic mass is 10.0. The SMILES string of the molecule is COc1ccc2c(C[C@H](N)C(=O)O)cc(=O)oc2c1. The van der Waals surface area contributed by atoms with Crippen molar-refractivity contribution in [1.29, 1.82) is 0 Å². The van der Waals surface area contributed by atoms with Gasteiger partial charge in [0.05, 0.1) is 7.11 Å².